The number of fused-ring (bicyclic) bond motifs is 1. The number of halogens is 3. The lowest BCUT2D eigenvalue weighted by Crippen LogP contribution is -2.17. The number of hydrogen-bond acceptors (Lipinski definition) is 6. The minimum Gasteiger partial charge on any atom is -0.365 e. The predicted octanol–water partition coefficient (Wildman–Crippen LogP) is 3.79. The molecular weight excluding hydrogens is 508 g/mol. The molecule has 0 saturated carbocycles. The maximum atomic E-state index is 13.6. The number of pyridine rings is 1. The van der Waals surface area contributed by atoms with Gasteiger partial charge in [-0.25, -0.2) is 13.8 Å². The summed E-state index contributed by atoms with van der Waals surface area (Å²) in [4.78, 5) is 29.3. The van der Waals surface area contributed by atoms with Crippen LogP contribution in [0.5, 0.6) is 0 Å². The van der Waals surface area contributed by atoms with Gasteiger partial charge < -0.3 is 11.1 Å². The van der Waals surface area contributed by atoms with Crippen molar-refractivity contribution in [3.05, 3.63) is 44.9 Å². The van der Waals surface area contributed by atoms with Crippen LogP contribution >= 0.6 is 27.3 Å². The molecule has 32 heavy (non-hydrogen) atoms. The van der Waals surface area contributed by atoms with Gasteiger partial charge in [0.1, 0.15) is 15.4 Å². The van der Waals surface area contributed by atoms with Gasteiger partial charge >= 0.3 is 0 Å². The van der Waals surface area contributed by atoms with E-state index in [1.807, 2.05) is 0 Å². The number of nitrogens with one attached hydrogen (secondary N) is 1. The zero-order valence-corrected chi connectivity index (χ0v) is 19.4. The molecule has 0 aliphatic heterocycles. The Morgan fingerprint density at radius 2 is 2.00 bits per heavy atom. The maximum Gasteiger partial charge on any atom is 0.280 e. The van der Waals surface area contributed by atoms with E-state index in [1.165, 1.54) is 16.9 Å². The van der Waals surface area contributed by atoms with Crippen LogP contribution in [0.1, 0.15) is 38.0 Å². The quantitative estimate of drug-likeness (QED) is 0.412. The molecule has 0 atom stereocenters. The Hall–Kier alpha value is -3.19. The van der Waals surface area contributed by atoms with Gasteiger partial charge in [-0.2, -0.15) is 10.2 Å². The summed E-state index contributed by atoms with van der Waals surface area (Å²) in [6, 6.07) is 1.24. The van der Waals surface area contributed by atoms with Crippen LogP contribution in [-0.4, -0.2) is 36.4 Å². The SMILES string of the molecule is Cc1c(-c2cc(C(F)F)nc3sc(C(N)=O)c(NC(=O)c4nn(C)cc4Br)c23)cnn1C. The maximum absolute atomic E-state index is 13.6. The van der Waals surface area contributed by atoms with Crippen LogP contribution in [0.3, 0.4) is 0 Å². The summed E-state index contributed by atoms with van der Waals surface area (Å²) in [6.07, 6.45) is 0.287. The molecule has 4 rings (SSSR count). The minimum atomic E-state index is -2.84. The second-order valence-electron chi connectivity index (χ2n) is 6.97. The Labute approximate surface area is 192 Å². The van der Waals surface area contributed by atoms with Gasteiger partial charge in [0.05, 0.1) is 16.4 Å². The van der Waals surface area contributed by atoms with Crippen molar-refractivity contribution in [2.45, 2.75) is 13.3 Å². The van der Waals surface area contributed by atoms with E-state index in [-0.39, 0.29) is 21.1 Å². The van der Waals surface area contributed by atoms with Gasteiger partial charge in [-0.05, 0) is 34.5 Å². The summed E-state index contributed by atoms with van der Waals surface area (Å²) >= 11 is 4.10. The number of hydrogen-bond donors (Lipinski definition) is 2. The first-order chi connectivity index (χ1) is 15.1. The summed E-state index contributed by atoms with van der Waals surface area (Å²) in [6.45, 7) is 1.78. The summed E-state index contributed by atoms with van der Waals surface area (Å²) in [5, 5.41) is 11.3. The number of rotatable bonds is 5. The van der Waals surface area contributed by atoms with E-state index in [1.54, 1.807) is 31.9 Å². The Morgan fingerprint density at radius 3 is 2.53 bits per heavy atom. The molecule has 0 aromatic carbocycles. The molecule has 0 unspecified atom stereocenters. The van der Waals surface area contributed by atoms with Crippen molar-refractivity contribution in [2.75, 3.05) is 5.32 Å². The molecule has 0 fully saturated rings. The predicted molar refractivity (Wildman–Crippen MR) is 119 cm³/mol. The Kier molecular flexibility index (Phi) is 5.54. The second-order valence-corrected chi connectivity index (χ2v) is 8.82. The van der Waals surface area contributed by atoms with Crippen molar-refractivity contribution in [1.29, 1.82) is 0 Å². The molecule has 166 valence electrons. The van der Waals surface area contributed by atoms with Gasteiger partial charge in [-0.1, -0.05) is 0 Å². The molecule has 9 nitrogen and oxygen atoms in total. The molecule has 4 aromatic rings. The van der Waals surface area contributed by atoms with Gasteiger partial charge in [0, 0.05) is 36.9 Å². The van der Waals surface area contributed by atoms with Crippen molar-refractivity contribution in [3.8, 4) is 11.1 Å². The topological polar surface area (TPSA) is 121 Å². The summed E-state index contributed by atoms with van der Waals surface area (Å²) in [5.74, 6) is -1.43. The van der Waals surface area contributed by atoms with E-state index < -0.39 is 23.9 Å². The van der Waals surface area contributed by atoms with Gasteiger partial charge in [-0.15, -0.1) is 11.3 Å². The van der Waals surface area contributed by atoms with Crippen LogP contribution < -0.4 is 11.1 Å². The number of thiophene rings is 1. The minimum absolute atomic E-state index is 0.0119. The highest BCUT2D eigenvalue weighted by molar-refractivity contribution is 9.10. The molecule has 13 heteroatoms. The third-order valence-electron chi connectivity index (χ3n) is 4.89. The van der Waals surface area contributed by atoms with Crippen LogP contribution in [0.4, 0.5) is 14.5 Å². The molecule has 4 aromatic heterocycles. The normalized spacial score (nSPS) is 11.5. The van der Waals surface area contributed by atoms with Crippen LogP contribution in [0.15, 0.2) is 22.9 Å². The largest absolute Gasteiger partial charge is 0.365 e. The van der Waals surface area contributed by atoms with Crippen molar-refractivity contribution >= 4 is 55.0 Å². The fraction of sp³-hybridized carbons (Fsp3) is 0.211. The summed E-state index contributed by atoms with van der Waals surface area (Å²) in [7, 11) is 3.37. The first-order valence-electron chi connectivity index (χ1n) is 9.13. The van der Waals surface area contributed by atoms with E-state index in [4.69, 9.17) is 5.73 Å². The third-order valence-corrected chi connectivity index (χ3v) is 6.57. The van der Waals surface area contributed by atoms with Gasteiger partial charge in [0.15, 0.2) is 5.69 Å². The van der Waals surface area contributed by atoms with E-state index >= 15 is 0 Å². The summed E-state index contributed by atoms with van der Waals surface area (Å²) < 4.78 is 30.6. The third kappa shape index (κ3) is 3.66. The highest BCUT2D eigenvalue weighted by Crippen LogP contribution is 2.43. The lowest BCUT2D eigenvalue weighted by atomic mass is 10.0. The molecule has 0 spiro atoms. The van der Waals surface area contributed by atoms with Crippen molar-refractivity contribution in [1.82, 2.24) is 24.5 Å². The standard InChI is InChI=1S/C19H16BrF2N7O2S/c1-7-9(5-24-29(7)3)8-4-11(16(21)22)25-19-12(8)14(15(32-19)17(23)30)26-18(31)13-10(20)6-28(2)27-13/h4-6,16H,1-3H3,(H2,23,30)(H,26,31). The number of nitrogens with zero attached hydrogens (tertiary/aromatic N) is 5. The lowest BCUT2D eigenvalue weighted by Gasteiger charge is -2.10. The number of aryl methyl sites for hydroxylation is 2. The number of alkyl halides is 2. The van der Waals surface area contributed by atoms with Crippen LogP contribution in [0, 0.1) is 6.92 Å². The molecular formula is C19H16BrF2N7O2S. The van der Waals surface area contributed by atoms with E-state index in [0.717, 1.165) is 11.3 Å². The molecule has 0 aliphatic rings. The highest BCUT2D eigenvalue weighted by atomic mass is 79.9. The first kappa shape index (κ1) is 22.0. The Morgan fingerprint density at radius 1 is 1.28 bits per heavy atom. The Balaban J connectivity index is 2.00. The number of amides is 2. The van der Waals surface area contributed by atoms with Gasteiger partial charge in [0.2, 0.25) is 0 Å². The number of anilines is 1. The van der Waals surface area contributed by atoms with E-state index in [0.29, 0.717) is 26.7 Å². The van der Waals surface area contributed by atoms with E-state index in [9.17, 15) is 18.4 Å². The lowest BCUT2D eigenvalue weighted by molar-refractivity contribution is 0.100. The smallest absolute Gasteiger partial charge is 0.280 e. The zero-order valence-electron chi connectivity index (χ0n) is 17.0. The fourth-order valence-electron chi connectivity index (χ4n) is 3.28. The Bertz CT molecular complexity index is 1390. The number of nitrogens with two attached hydrogens (primary N) is 1. The van der Waals surface area contributed by atoms with Gasteiger partial charge in [0.25, 0.3) is 18.2 Å². The van der Waals surface area contributed by atoms with Gasteiger partial charge in [-0.3, -0.25) is 19.0 Å². The zero-order chi connectivity index (χ0) is 23.3. The monoisotopic (exact) mass is 523 g/mol. The van der Waals surface area contributed by atoms with Crippen molar-refractivity contribution in [3.63, 3.8) is 0 Å². The molecule has 0 saturated heterocycles. The average molecular weight is 524 g/mol. The van der Waals surface area contributed by atoms with Crippen LogP contribution in [0.25, 0.3) is 21.3 Å². The molecule has 0 bridgehead atoms. The van der Waals surface area contributed by atoms with Crippen molar-refractivity contribution in [2.24, 2.45) is 19.8 Å². The number of carbonyl (C=O) groups excluding carboxylic acids is 2. The molecule has 3 N–H and O–H groups in total. The molecule has 0 radical (unpaired) electrons. The number of aromatic nitrogens is 5. The molecule has 0 aliphatic carbocycles. The fourth-order valence-corrected chi connectivity index (χ4v) is 4.85. The van der Waals surface area contributed by atoms with Crippen LogP contribution in [0.2, 0.25) is 0 Å². The first-order valence-corrected chi connectivity index (χ1v) is 10.7. The average Bonchev–Trinajstić information content (AvgIpc) is 3.37. The molecule has 2 amide bonds. The van der Waals surface area contributed by atoms with Crippen LogP contribution in [-0.2, 0) is 14.1 Å². The summed E-state index contributed by atoms with van der Waals surface area (Å²) in [5.41, 5.74) is 6.88. The van der Waals surface area contributed by atoms with Crippen molar-refractivity contribution < 1.29 is 18.4 Å². The number of carbonyl (C=O) groups is 2. The molecule has 4 heterocycles. The van der Waals surface area contributed by atoms with E-state index in [2.05, 4.69) is 36.4 Å². The number of primary amides is 1. The highest BCUT2D eigenvalue weighted by Gasteiger charge is 2.27. The second kappa shape index (κ2) is 8.06.